The lowest BCUT2D eigenvalue weighted by molar-refractivity contribution is -0.385. The van der Waals surface area contributed by atoms with E-state index in [9.17, 15) is 15.4 Å². The van der Waals surface area contributed by atoms with E-state index in [1.165, 1.54) is 151 Å². The molecule has 3 aromatic carbocycles. The van der Waals surface area contributed by atoms with Crippen LogP contribution in [0.5, 0.6) is 0 Å². The summed E-state index contributed by atoms with van der Waals surface area (Å²) in [6.45, 7) is 6.85. The molecule has 0 bridgehead atoms. The van der Waals surface area contributed by atoms with Crippen LogP contribution in [0.25, 0.3) is 23.3 Å². The van der Waals surface area contributed by atoms with Gasteiger partial charge in [-0.1, -0.05) is 178 Å². The summed E-state index contributed by atoms with van der Waals surface area (Å²) in [7, 11) is 0. The van der Waals surface area contributed by atoms with Crippen molar-refractivity contribution in [3.63, 3.8) is 0 Å². The molecule has 0 radical (unpaired) electrons. The summed E-state index contributed by atoms with van der Waals surface area (Å²) in [5.41, 5.74) is 5.40. The highest BCUT2D eigenvalue weighted by Crippen LogP contribution is 2.26. The smallest absolute Gasteiger partial charge is 0.287 e. The molecule has 0 saturated carbocycles. The van der Waals surface area contributed by atoms with Gasteiger partial charge in [0.25, 0.3) is 5.69 Å². The molecule has 0 aromatic heterocycles. The molecule has 0 aliphatic heterocycles. The predicted octanol–water partition coefficient (Wildman–Crippen LogP) is 14.0. The van der Waals surface area contributed by atoms with Crippen LogP contribution >= 0.6 is 0 Å². The average Bonchev–Trinajstić information content (AvgIpc) is 3.14. The molecule has 0 heterocycles. The zero-order chi connectivity index (χ0) is 35.7. The number of hydrogen-bond donors (Lipinski definition) is 0. The number of rotatable bonds is 27. The minimum atomic E-state index is -0.522. The Labute approximate surface area is 304 Å². The summed E-state index contributed by atoms with van der Waals surface area (Å²) >= 11 is 0. The highest BCUT2D eigenvalue weighted by Gasteiger charge is 2.13. The molecule has 0 aliphatic rings. The number of benzene rings is 3. The van der Waals surface area contributed by atoms with E-state index in [0.29, 0.717) is 0 Å². The molecule has 0 unspecified atom stereocenters. The van der Waals surface area contributed by atoms with Gasteiger partial charge in [-0.15, -0.1) is 0 Å². The van der Waals surface area contributed by atoms with E-state index < -0.39 is 4.92 Å². The first-order chi connectivity index (χ1) is 24.5. The maximum absolute atomic E-state index is 11.1. The molecule has 5 heteroatoms. The largest absolute Gasteiger partial charge is 0.372 e. The number of nitro groups is 1. The number of nitro benzene ring substituents is 1. The Morgan fingerprint density at radius 1 is 0.580 bits per heavy atom. The molecular weight excluding hydrogens is 615 g/mol. The summed E-state index contributed by atoms with van der Waals surface area (Å²) in [5, 5.41) is 20.4. The second-order valence-corrected chi connectivity index (χ2v) is 14.0. The zero-order valence-electron chi connectivity index (χ0n) is 31.2. The van der Waals surface area contributed by atoms with Gasteiger partial charge < -0.3 is 4.90 Å². The fourth-order valence-corrected chi connectivity index (χ4v) is 6.70. The van der Waals surface area contributed by atoms with Crippen molar-refractivity contribution in [2.24, 2.45) is 0 Å². The van der Waals surface area contributed by atoms with Crippen molar-refractivity contribution >= 4 is 23.5 Å². The molecule has 0 N–H and O–H groups in total. The van der Waals surface area contributed by atoms with E-state index in [0.717, 1.165) is 24.2 Å². The first-order valence-electron chi connectivity index (χ1n) is 19.9. The first-order valence-corrected chi connectivity index (χ1v) is 19.9. The normalized spacial score (nSPS) is 11.2. The Hall–Kier alpha value is -3.91. The number of anilines is 1. The molecule has 3 rings (SSSR count). The lowest BCUT2D eigenvalue weighted by Gasteiger charge is -2.25. The van der Waals surface area contributed by atoms with Gasteiger partial charge in [-0.25, -0.2) is 0 Å². The molecular formula is C45H63N3O2. The highest BCUT2D eigenvalue weighted by molar-refractivity contribution is 5.74. The van der Waals surface area contributed by atoms with Crippen molar-refractivity contribution < 1.29 is 4.92 Å². The SMILES string of the molecule is CCCCCCCCCCCCN(CCCCCCCCCCCC)c1ccc(-c2ccc(/C=C/c3ccc([N+](=O)[O-])c(C#N)c3)cc2)cc1. The van der Waals surface area contributed by atoms with E-state index in [-0.39, 0.29) is 11.3 Å². The summed E-state index contributed by atoms with van der Waals surface area (Å²) in [6, 6.07) is 24.1. The average molecular weight is 678 g/mol. The standard InChI is InChI=1S/C45H63N3O2/c1-3-5-7-9-11-13-15-17-19-21-35-47(36-22-20-18-16-14-12-10-8-6-4-2)44-32-30-42(31-33-44)41-28-25-39(26-29-41)23-24-40-27-34-45(48(49)50)43(37-40)38-46/h23-34,37H,3-22,35-36H2,1-2H3/b24-23+. The van der Waals surface area contributed by atoms with Crippen LogP contribution in [-0.2, 0) is 0 Å². The monoisotopic (exact) mass is 677 g/mol. The maximum atomic E-state index is 11.1. The van der Waals surface area contributed by atoms with Crippen LogP contribution in [0.15, 0.2) is 66.7 Å². The summed E-state index contributed by atoms with van der Waals surface area (Å²) in [4.78, 5) is 13.2. The van der Waals surface area contributed by atoms with Crippen molar-refractivity contribution in [2.75, 3.05) is 18.0 Å². The van der Waals surface area contributed by atoms with Crippen LogP contribution in [0.3, 0.4) is 0 Å². The molecule has 5 nitrogen and oxygen atoms in total. The van der Waals surface area contributed by atoms with Gasteiger partial charge in [0.2, 0.25) is 0 Å². The van der Waals surface area contributed by atoms with Crippen molar-refractivity contribution in [3.05, 3.63) is 93.5 Å². The third-order valence-electron chi connectivity index (χ3n) is 9.85. The fraction of sp³-hybridized carbons (Fsp3) is 0.533. The van der Waals surface area contributed by atoms with Gasteiger partial charge in [-0.3, -0.25) is 10.1 Å². The first kappa shape index (κ1) is 40.5. The van der Waals surface area contributed by atoms with Crippen molar-refractivity contribution in [2.45, 2.75) is 142 Å². The summed E-state index contributed by atoms with van der Waals surface area (Å²) in [6.07, 6.45) is 31.2. The van der Waals surface area contributed by atoms with Gasteiger partial charge >= 0.3 is 0 Å². The minimum absolute atomic E-state index is 0.0708. The highest BCUT2D eigenvalue weighted by atomic mass is 16.6. The lowest BCUT2D eigenvalue weighted by Crippen LogP contribution is -2.25. The third-order valence-corrected chi connectivity index (χ3v) is 9.85. The second-order valence-electron chi connectivity index (χ2n) is 14.0. The summed E-state index contributed by atoms with van der Waals surface area (Å²) in [5.74, 6) is 0. The predicted molar refractivity (Wildman–Crippen MR) is 215 cm³/mol. The Bertz CT molecular complexity index is 1400. The van der Waals surface area contributed by atoms with Crippen molar-refractivity contribution in [1.29, 1.82) is 5.26 Å². The molecule has 0 fully saturated rings. The number of nitrogens with zero attached hydrogens (tertiary/aromatic N) is 3. The van der Waals surface area contributed by atoms with Gasteiger partial charge in [0.1, 0.15) is 11.6 Å². The zero-order valence-corrected chi connectivity index (χ0v) is 31.2. The molecule has 0 spiro atoms. The summed E-state index contributed by atoms with van der Waals surface area (Å²) < 4.78 is 0. The van der Waals surface area contributed by atoms with E-state index in [1.54, 1.807) is 12.1 Å². The number of hydrogen-bond acceptors (Lipinski definition) is 4. The Morgan fingerprint density at radius 2 is 0.980 bits per heavy atom. The Kier molecular flexibility index (Phi) is 20.3. The van der Waals surface area contributed by atoms with Crippen LogP contribution in [0.1, 0.15) is 159 Å². The lowest BCUT2D eigenvalue weighted by atomic mass is 10.0. The van der Waals surface area contributed by atoms with Crippen molar-refractivity contribution in [3.8, 4) is 17.2 Å². The number of nitriles is 1. The molecule has 3 aromatic rings. The topological polar surface area (TPSA) is 70.2 Å². The molecule has 0 saturated heterocycles. The van der Waals surface area contributed by atoms with Crippen LogP contribution in [0.2, 0.25) is 0 Å². The van der Waals surface area contributed by atoms with Gasteiger partial charge in [0.05, 0.1) is 4.92 Å². The fourth-order valence-electron chi connectivity index (χ4n) is 6.70. The van der Waals surface area contributed by atoms with Gasteiger partial charge in [-0.05, 0) is 59.4 Å². The molecule has 270 valence electrons. The molecule has 0 atom stereocenters. The van der Waals surface area contributed by atoms with Gasteiger partial charge in [0.15, 0.2) is 0 Å². The van der Waals surface area contributed by atoms with Gasteiger partial charge in [-0.2, -0.15) is 5.26 Å². The third kappa shape index (κ3) is 15.8. The second kappa shape index (κ2) is 25.1. The van der Waals surface area contributed by atoms with Crippen LogP contribution in [0.4, 0.5) is 11.4 Å². The quantitative estimate of drug-likeness (QED) is 0.0348. The van der Waals surface area contributed by atoms with E-state index in [4.69, 9.17) is 0 Å². The van der Waals surface area contributed by atoms with Crippen LogP contribution in [0, 0.1) is 21.4 Å². The molecule has 0 aliphatic carbocycles. The van der Waals surface area contributed by atoms with E-state index in [2.05, 4.69) is 67.3 Å². The van der Waals surface area contributed by atoms with E-state index in [1.807, 2.05) is 18.2 Å². The van der Waals surface area contributed by atoms with Crippen LogP contribution in [-0.4, -0.2) is 18.0 Å². The van der Waals surface area contributed by atoms with Crippen LogP contribution < -0.4 is 4.90 Å². The van der Waals surface area contributed by atoms with Crippen molar-refractivity contribution in [1.82, 2.24) is 0 Å². The molecule has 0 amide bonds. The maximum Gasteiger partial charge on any atom is 0.287 e. The number of unbranched alkanes of at least 4 members (excludes halogenated alkanes) is 18. The van der Waals surface area contributed by atoms with Gasteiger partial charge in [0, 0.05) is 24.8 Å². The Balaban J connectivity index is 1.52. The Morgan fingerprint density at radius 3 is 1.42 bits per heavy atom. The minimum Gasteiger partial charge on any atom is -0.372 e. The molecule has 50 heavy (non-hydrogen) atoms. The van der Waals surface area contributed by atoms with E-state index >= 15 is 0 Å².